The van der Waals surface area contributed by atoms with Crippen molar-refractivity contribution in [1.82, 2.24) is 4.98 Å². The second-order valence-corrected chi connectivity index (χ2v) is 5.65. The molecule has 1 atom stereocenters. The van der Waals surface area contributed by atoms with E-state index in [1.54, 1.807) is 0 Å². The van der Waals surface area contributed by atoms with Crippen LogP contribution in [-0.2, 0) is 16.1 Å². The molecule has 0 radical (unpaired) electrons. The summed E-state index contributed by atoms with van der Waals surface area (Å²) in [6.07, 6.45) is 2.29. The molecule has 0 aromatic carbocycles. The zero-order valence-corrected chi connectivity index (χ0v) is 12.6. The van der Waals surface area contributed by atoms with E-state index in [1.165, 1.54) is 18.4 Å². The van der Waals surface area contributed by atoms with E-state index < -0.39 is 5.97 Å². The first-order chi connectivity index (χ1) is 9.65. The van der Waals surface area contributed by atoms with Crippen molar-refractivity contribution in [3.8, 4) is 0 Å². The van der Waals surface area contributed by atoms with Crippen molar-refractivity contribution in [3.05, 3.63) is 10.6 Å². The van der Waals surface area contributed by atoms with Crippen LogP contribution in [0.25, 0.3) is 0 Å². The lowest BCUT2D eigenvalue weighted by molar-refractivity contribution is 0.0526. The first-order valence-electron chi connectivity index (χ1n) is 6.74. The van der Waals surface area contributed by atoms with Gasteiger partial charge in [-0.15, -0.1) is 0 Å². The molecule has 112 valence electrons. The minimum absolute atomic E-state index is 0.205. The van der Waals surface area contributed by atoms with Gasteiger partial charge in [0.05, 0.1) is 18.4 Å². The van der Waals surface area contributed by atoms with Crippen molar-refractivity contribution >= 4 is 22.4 Å². The molecule has 6 nitrogen and oxygen atoms in total. The van der Waals surface area contributed by atoms with Gasteiger partial charge in [-0.2, -0.15) is 0 Å². The summed E-state index contributed by atoms with van der Waals surface area (Å²) in [5, 5.41) is 9.96. The number of ether oxygens (including phenoxy) is 2. The Bertz CT molecular complexity index is 461. The molecule has 1 aliphatic heterocycles. The fourth-order valence-corrected chi connectivity index (χ4v) is 3.30. The summed E-state index contributed by atoms with van der Waals surface area (Å²) in [4.78, 5) is 18.0. The Morgan fingerprint density at radius 3 is 3.05 bits per heavy atom. The molecule has 0 spiro atoms. The molecule has 0 aliphatic carbocycles. The van der Waals surface area contributed by atoms with Gasteiger partial charge in [0, 0.05) is 26.8 Å². The average Bonchev–Trinajstić information content (AvgIpc) is 2.84. The Kier molecular flexibility index (Phi) is 5.33. The molecule has 1 N–H and O–H groups in total. The van der Waals surface area contributed by atoms with Crippen LogP contribution in [0, 0.1) is 0 Å². The van der Waals surface area contributed by atoms with Crippen LogP contribution in [0.4, 0.5) is 5.13 Å². The topological polar surface area (TPSA) is 71.9 Å². The van der Waals surface area contributed by atoms with Gasteiger partial charge >= 0.3 is 5.97 Å². The van der Waals surface area contributed by atoms with Crippen LogP contribution in [0.3, 0.4) is 0 Å². The molecule has 7 heteroatoms. The number of rotatable bonds is 6. The molecule has 2 heterocycles. The standard InChI is InChI=1S/C13H20N2O4S/c1-3-19-9-5-4-6-15(7-9)13-14-10(8-18-2)11(20-13)12(16)17/h9H,3-8H2,1-2H3,(H,16,17). The first kappa shape index (κ1) is 15.2. The minimum atomic E-state index is -0.945. The summed E-state index contributed by atoms with van der Waals surface area (Å²) in [6, 6.07) is 0. The zero-order chi connectivity index (χ0) is 14.5. The van der Waals surface area contributed by atoms with Gasteiger partial charge in [0.15, 0.2) is 5.13 Å². The number of carboxylic acid groups (broad SMARTS) is 1. The normalized spacial score (nSPS) is 19.3. The average molecular weight is 300 g/mol. The van der Waals surface area contributed by atoms with E-state index in [9.17, 15) is 9.90 Å². The van der Waals surface area contributed by atoms with Crippen molar-refractivity contribution < 1.29 is 19.4 Å². The van der Waals surface area contributed by atoms with E-state index in [1.807, 2.05) is 6.92 Å². The molecule has 1 aromatic rings. The van der Waals surface area contributed by atoms with Crippen molar-refractivity contribution in [1.29, 1.82) is 0 Å². The van der Waals surface area contributed by atoms with Crippen LogP contribution in [0.2, 0.25) is 0 Å². The highest BCUT2D eigenvalue weighted by molar-refractivity contribution is 7.17. The third-order valence-electron chi connectivity index (χ3n) is 3.21. The predicted octanol–water partition coefficient (Wildman–Crippen LogP) is 1.99. The third kappa shape index (κ3) is 3.47. The van der Waals surface area contributed by atoms with Gasteiger partial charge in [0.25, 0.3) is 0 Å². The number of hydrogen-bond acceptors (Lipinski definition) is 6. The van der Waals surface area contributed by atoms with Crippen LogP contribution in [0.1, 0.15) is 35.1 Å². The van der Waals surface area contributed by atoms with Crippen LogP contribution in [0.5, 0.6) is 0 Å². The van der Waals surface area contributed by atoms with Crippen molar-refractivity contribution in [2.45, 2.75) is 32.5 Å². The van der Waals surface area contributed by atoms with Gasteiger partial charge < -0.3 is 19.5 Å². The second-order valence-electron chi connectivity index (χ2n) is 4.68. The lowest BCUT2D eigenvalue weighted by atomic mass is 10.1. The number of aromatic carboxylic acids is 1. The number of carboxylic acids is 1. The fraction of sp³-hybridized carbons (Fsp3) is 0.692. The van der Waals surface area contributed by atoms with Crippen molar-refractivity contribution in [2.75, 3.05) is 31.7 Å². The van der Waals surface area contributed by atoms with Crippen LogP contribution < -0.4 is 4.90 Å². The second kappa shape index (κ2) is 7.01. The summed E-state index contributed by atoms with van der Waals surface area (Å²) < 4.78 is 10.7. The summed E-state index contributed by atoms with van der Waals surface area (Å²) >= 11 is 1.21. The van der Waals surface area contributed by atoms with Gasteiger partial charge in [-0.3, -0.25) is 0 Å². The molecule has 0 saturated carbocycles. The third-order valence-corrected chi connectivity index (χ3v) is 4.36. The van der Waals surface area contributed by atoms with Crippen LogP contribution >= 0.6 is 11.3 Å². The van der Waals surface area contributed by atoms with Crippen molar-refractivity contribution in [3.63, 3.8) is 0 Å². The Morgan fingerprint density at radius 1 is 1.60 bits per heavy atom. The Morgan fingerprint density at radius 2 is 2.40 bits per heavy atom. The summed E-state index contributed by atoms with van der Waals surface area (Å²) in [5.41, 5.74) is 0.499. The molecule has 0 bridgehead atoms. The maximum Gasteiger partial charge on any atom is 0.347 e. The Labute approximate surface area is 122 Å². The monoisotopic (exact) mass is 300 g/mol. The molecule has 20 heavy (non-hydrogen) atoms. The smallest absolute Gasteiger partial charge is 0.347 e. The summed E-state index contributed by atoms with van der Waals surface area (Å²) in [6.45, 7) is 4.57. The quantitative estimate of drug-likeness (QED) is 0.866. The SMILES string of the molecule is CCOC1CCCN(c2nc(COC)c(C(=O)O)s2)C1. The highest BCUT2D eigenvalue weighted by atomic mass is 32.1. The molecule has 1 aromatic heterocycles. The van der Waals surface area contributed by atoms with Crippen LogP contribution in [-0.4, -0.2) is 49.0 Å². The molecule has 1 aliphatic rings. The van der Waals surface area contributed by atoms with E-state index in [0.717, 1.165) is 31.1 Å². The van der Waals surface area contributed by atoms with Crippen molar-refractivity contribution in [2.24, 2.45) is 0 Å². The van der Waals surface area contributed by atoms with Gasteiger partial charge in [0.2, 0.25) is 0 Å². The van der Waals surface area contributed by atoms with Gasteiger partial charge in [0.1, 0.15) is 4.88 Å². The first-order valence-corrected chi connectivity index (χ1v) is 7.55. The highest BCUT2D eigenvalue weighted by Gasteiger charge is 2.25. The molecule has 2 rings (SSSR count). The van der Waals surface area contributed by atoms with E-state index in [0.29, 0.717) is 12.3 Å². The number of aromatic nitrogens is 1. The minimum Gasteiger partial charge on any atom is -0.477 e. The number of carbonyl (C=O) groups is 1. The van der Waals surface area contributed by atoms with Gasteiger partial charge in [-0.25, -0.2) is 9.78 Å². The zero-order valence-electron chi connectivity index (χ0n) is 11.8. The fourth-order valence-electron chi connectivity index (χ4n) is 2.36. The lowest BCUT2D eigenvalue weighted by Crippen LogP contribution is -2.39. The van der Waals surface area contributed by atoms with E-state index in [2.05, 4.69) is 9.88 Å². The summed E-state index contributed by atoms with van der Waals surface area (Å²) in [7, 11) is 1.54. The maximum atomic E-state index is 11.2. The number of hydrogen-bond donors (Lipinski definition) is 1. The summed E-state index contributed by atoms with van der Waals surface area (Å²) in [5.74, 6) is -0.945. The number of nitrogens with zero attached hydrogens (tertiary/aromatic N) is 2. The number of anilines is 1. The largest absolute Gasteiger partial charge is 0.477 e. The van der Waals surface area contributed by atoms with E-state index in [4.69, 9.17) is 9.47 Å². The van der Waals surface area contributed by atoms with Crippen LogP contribution in [0.15, 0.2) is 0 Å². The molecule has 1 saturated heterocycles. The molecule has 1 fully saturated rings. The number of methoxy groups -OCH3 is 1. The van der Waals surface area contributed by atoms with Gasteiger partial charge in [-0.05, 0) is 19.8 Å². The van der Waals surface area contributed by atoms with E-state index in [-0.39, 0.29) is 17.6 Å². The number of piperidine rings is 1. The highest BCUT2D eigenvalue weighted by Crippen LogP contribution is 2.29. The van der Waals surface area contributed by atoms with E-state index >= 15 is 0 Å². The predicted molar refractivity (Wildman–Crippen MR) is 76.6 cm³/mol. The lowest BCUT2D eigenvalue weighted by Gasteiger charge is -2.32. The molecular weight excluding hydrogens is 280 g/mol. The Hall–Kier alpha value is -1.18. The van der Waals surface area contributed by atoms with Gasteiger partial charge in [-0.1, -0.05) is 11.3 Å². The molecule has 0 amide bonds. The number of thiazole rings is 1. The molecule has 1 unspecified atom stereocenters. The Balaban J connectivity index is 2.15. The maximum absolute atomic E-state index is 11.2. The molecular formula is C13H20N2O4S.